The maximum atomic E-state index is 13.4. The molecule has 1 aromatic carbocycles. The van der Waals surface area contributed by atoms with Gasteiger partial charge in [-0.25, -0.2) is 8.78 Å². The van der Waals surface area contributed by atoms with Gasteiger partial charge in [0.2, 0.25) is 5.91 Å². The summed E-state index contributed by atoms with van der Waals surface area (Å²) in [7, 11) is 0. The number of piperazine rings is 1. The summed E-state index contributed by atoms with van der Waals surface area (Å²) in [6.07, 6.45) is 0. The molecule has 2 N–H and O–H groups in total. The van der Waals surface area contributed by atoms with E-state index in [0.29, 0.717) is 0 Å². The molecule has 1 amide bonds. The Labute approximate surface area is 110 Å². The van der Waals surface area contributed by atoms with Crippen molar-refractivity contribution in [3.05, 3.63) is 29.8 Å². The molecular weight excluding hydrogens is 252 g/mol. The van der Waals surface area contributed by atoms with Crippen LogP contribution in [-0.2, 0) is 4.79 Å². The third-order valence-electron chi connectivity index (χ3n) is 3.19. The van der Waals surface area contributed by atoms with Gasteiger partial charge in [-0.05, 0) is 19.1 Å². The quantitative estimate of drug-likeness (QED) is 0.866. The highest BCUT2D eigenvalue weighted by Crippen LogP contribution is 2.15. The molecule has 0 saturated carbocycles. The van der Waals surface area contributed by atoms with Gasteiger partial charge in [-0.3, -0.25) is 9.69 Å². The Morgan fingerprint density at radius 1 is 1.53 bits per heavy atom. The Bertz CT molecular complexity index is 467. The first kappa shape index (κ1) is 13.9. The van der Waals surface area contributed by atoms with E-state index in [0.717, 1.165) is 37.8 Å². The summed E-state index contributed by atoms with van der Waals surface area (Å²) in [4.78, 5) is 13.8. The van der Waals surface area contributed by atoms with E-state index in [-0.39, 0.29) is 24.2 Å². The second-order valence-electron chi connectivity index (χ2n) is 4.70. The standard InChI is InChI=1S/C13H17F2N3O/c1-9-7-16-4-5-18(9)8-13(19)17-12-6-10(14)2-3-11(12)15/h2-3,6,9,16H,4-5,7-8H2,1H3,(H,17,19). The number of rotatable bonds is 3. The topological polar surface area (TPSA) is 44.4 Å². The molecule has 1 atom stereocenters. The zero-order chi connectivity index (χ0) is 13.8. The van der Waals surface area contributed by atoms with Crippen LogP contribution in [0.25, 0.3) is 0 Å². The summed E-state index contributed by atoms with van der Waals surface area (Å²) in [5, 5.41) is 5.62. The third-order valence-corrected chi connectivity index (χ3v) is 3.19. The molecule has 1 aromatic rings. The molecule has 6 heteroatoms. The van der Waals surface area contributed by atoms with Gasteiger partial charge in [-0.2, -0.15) is 0 Å². The van der Waals surface area contributed by atoms with Crippen molar-refractivity contribution in [2.45, 2.75) is 13.0 Å². The fourth-order valence-corrected chi connectivity index (χ4v) is 2.09. The van der Waals surface area contributed by atoms with Crippen LogP contribution in [0, 0.1) is 11.6 Å². The van der Waals surface area contributed by atoms with Crippen LogP contribution in [0.4, 0.5) is 14.5 Å². The lowest BCUT2D eigenvalue weighted by Gasteiger charge is -2.33. The number of carbonyl (C=O) groups is 1. The van der Waals surface area contributed by atoms with Gasteiger partial charge in [0.15, 0.2) is 0 Å². The van der Waals surface area contributed by atoms with E-state index in [1.165, 1.54) is 0 Å². The first-order valence-electron chi connectivity index (χ1n) is 6.26. The summed E-state index contributed by atoms with van der Waals surface area (Å²) in [5.41, 5.74) is -0.118. The average molecular weight is 269 g/mol. The van der Waals surface area contributed by atoms with Crippen molar-refractivity contribution < 1.29 is 13.6 Å². The Morgan fingerprint density at radius 3 is 3.05 bits per heavy atom. The first-order chi connectivity index (χ1) is 9.06. The summed E-state index contributed by atoms with van der Waals surface area (Å²) >= 11 is 0. The normalized spacial score (nSPS) is 20.3. The van der Waals surface area contributed by atoms with Gasteiger partial charge in [-0.1, -0.05) is 0 Å². The summed E-state index contributed by atoms with van der Waals surface area (Å²) in [6.45, 7) is 4.61. The largest absolute Gasteiger partial charge is 0.322 e. The molecule has 1 saturated heterocycles. The number of carbonyl (C=O) groups excluding carboxylic acids is 1. The van der Waals surface area contributed by atoms with Crippen LogP contribution in [0.3, 0.4) is 0 Å². The first-order valence-corrected chi connectivity index (χ1v) is 6.26. The van der Waals surface area contributed by atoms with E-state index >= 15 is 0 Å². The van der Waals surface area contributed by atoms with Gasteiger partial charge >= 0.3 is 0 Å². The number of hydrogen-bond donors (Lipinski definition) is 2. The van der Waals surface area contributed by atoms with E-state index in [2.05, 4.69) is 10.6 Å². The minimum Gasteiger partial charge on any atom is -0.322 e. The lowest BCUT2D eigenvalue weighted by Crippen LogP contribution is -2.52. The van der Waals surface area contributed by atoms with Gasteiger partial charge in [0.05, 0.1) is 12.2 Å². The molecule has 0 aromatic heterocycles. The minimum absolute atomic E-state index is 0.118. The lowest BCUT2D eigenvalue weighted by atomic mass is 10.2. The molecule has 2 rings (SSSR count). The molecule has 0 bridgehead atoms. The highest BCUT2D eigenvalue weighted by atomic mass is 19.1. The van der Waals surface area contributed by atoms with Crippen LogP contribution < -0.4 is 10.6 Å². The Balaban J connectivity index is 1.95. The maximum absolute atomic E-state index is 13.4. The smallest absolute Gasteiger partial charge is 0.238 e. The van der Waals surface area contributed by atoms with Crippen molar-refractivity contribution in [3.63, 3.8) is 0 Å². The molecule has 4 nitrogen and oxygen atoms in total. The Kier molecular flexibility index (Phi) is 4.44. The second kappa shape index (κ2) is 6.08. The zero-order valence-corrected chi connectivity index (χ0v) is 10.7. The van der Waals surface area contributed by atoms with Crippen LogP contribution in [0.2, 0.25) is 0 Å². The zero-order valence-electron chi connectivity index (χ0n) is 10.7. The van der Waals surface area contributed by atoms with Crippen LogP contribution in [-0.4, -0.2) is 43.0 Å². The number of hydrogen-bond acceptors (Lipinski definition) is 3. The third kappa shape index (κ3) is 3.71. The molecule has 1 heterocycles. The number of amides is 1. The van der Waals surface area contributed by atoms with E-state index in [9.17, 15) is 13.6 Å². The van der Waals surface area contributed by atoms with Crippen LogP contribution in [0.1, 0.15) is 6.92 Å². The number of nitrogens with one attached hydrogen (secondary N) is 2. The lowest BCUT2D eigenvalue weighted by molar-refractivity contribution is -0.118. The minimum atomic E-state index is -0.636. The monoisotopic (exact) mass is 269 g/mol. The van der Waals surface area contributed by atoms with Gasteiger partial charge < -0.3 is 10.6 Å². The van der Waals surface area contributed by atoms with Crippen molar-refractivity contribution in [1.29, 1.82) is 0 Å². The number of nitrogens with zero attached hydrogens (tertiary/aromatic N) is 1. The maximum Gasteiger partial charge on any atom is 0.238 e. The molecule has 0 aliphatic carbocycles. The van der Waals surface area contributed by atoms with Crippen LogP contribution >= 0.6 is 0 Å². The van der Waals surface area contributed by atoms with Crippen molar-refractivity contribution in [1.82, 2.24) is 10.2 Å². The van der Waals surface area contributed by atoms with E-state index in [1.54, 1.807) is 0 Å². The fraction of sp³-hybridized carbons (Fsp3) is 0.462. The average Bonchev–Trinajstić information content (AvgIpc) is 2.37. The van der Waals surface area contributed by atoms with Crippen molar-refractivity contribution in [2.75, 3.05) is 31.5 Å². The highest BCUT2D eigenvalue weighted by molar-refractivity contribution is 5.92. The predicted molar refractivity (Wildman–Crippen MR) is 68.9 cm³/mol. The molecule has 1 aliphatic rings. The van der Waals surface area contributed by atoms with Gasteiger partial charge in [0.1, 0.15) is 11.6 Å². The molecule has 19 heavy (non-hydrogen) atoms. The summed E-state index contributed by atoms with van der Waals surface area (Å²) in [6, 6.07) is 3.24. The molecule has 1 aliphatic heterocycles. The number of halogens is 2. The number of benzene rings is 1. The van der Waals surface area contributed by atoms with Crippen molar-refractivity contribution in [3.8, 4) is 0 Å². The summed E-state index contributed by atoms with van der Waals surface area (Å²) in [5.74, 6) is -1.55. The van der Waals surface area contributed by atoms with Crippen LogP contribution in [0.15, 0.2) is 18.2 Å². The molecule has 1 fully saturated rings. The van der Waals surface area contributed by atoms with Crippen LogP contribution in [0.5, 0.6) is 0 Å². The Hall–Kier alpha value is -1.53. The molecule has 1 unspecified atom stereocenters. The molecule has 104 valence electrons. The SMILES string of the molecule is CC1CNCCN1CC(=O)Nc1cc(F)ccc1F. The molecule has 0 radical (unpaired) electrons. The second-order valence-corrected chi connectivity index (χ2v) is 4.70. The molecule has 0 spiro atoms. The Morgan fingerprint density at radius 2 is 2.32 bits per heavy atom. The van der Waals surface area contributed by atoms with Gasteiger partial charge in [0, 0.05) is 31.7 Å². The number of anilines is 1. The van der Waals surface area contributed by atoms with Crippen molar-refractivity contribution in [2.24, 2.45) is 0 Å². The predicted octanol–water partition coefficient (Wildman–Crippen LogP) is 1.20. The fourth-order valence-electron chi connectivity index (χ4n) is 2.09. The highest BCUT2D eigenvalue weighted by Gasteiger charge is 2.20. The van der Waals surface area contributed by atoms with Crippen molar-refractivity contribution >= 4 is 11.6 Å². The van der Waals surface area contributed by atoms with Gasteiger partial charge in [-0.15, -0.1) is 0 Å². The summed E-state index contributed by atoms with van der Waals surface area (Å²) < 4.78 is 26.4. The van der Waals surface area contributed by atoms with E-state index in [1.807, 2.05) is 11.8 Å². The van der Waals surface area contributed by atoms with E-state index < -0.39 is 11.6 Å². The van der Waals surface area contributed by atoms with Gasteiger partial charge in [0.25, 0.3) is 0 Å². The van der Waals surface area contributed by atoms with E-state index in [4.69, 9.17) is 0 Å². The molecular formula is C13H17F2N3O.